The molecule has 0 bridgehead atoms. The third-order valence-electron chi connectivity index (χ3n) is 4.73. The van der Waals surface area contributed by atoms with Gasteiger partial charge in [-0.25, -0.2) is 13.2 Å². The number of carbonyl (C=O) groups excluding carboxylic acids is 3. The quantitative estimate of drug-likeness (QED) is 0.599. The van der Waals surface area contributed by atoms with E-state index < -0.39 is 33.9 Å². The first kappa shape index (κ1) is 20.2. The minimum atomic E-state index is -3.12. The molecule has 1 fully saturated rings. The van der Waals surface area contributed by atoms with Crippen molar-refractivity contribution >= 4 is 27.5 Å². The molecule has 26 heavy (non-hydrogen) atoms. The number of Topliss-reactive ketones (excluding diaryl/α,β-unsaturated/α-hetero) is 1. The number of rotatable bonds is 5. The molecular weight excluding hydrogens is 360 g/mol. The second-order valence-corrected chi connectivity index (χ2v) is 8.96. The number of likely N-dealkylation sites (N-methyl/N-ethyl adjacent to an activating group) is 1. The molecule has 1 N–H and O–H groups in total. The van der Waals surface area contributed by atoms with Gasteiger partial charge >= 0.3 is 5.97 Å². The van der Waals surface area contributed by atoms with Crippen molar-refractivity contribution in [2.45, 2.75) is 46.3 Å². The van der Waals surface area contributed by atoms with Gasteiger partial charge in [0.15, 0.2) is 21.7 Å². The first-order valence-electron chi connectivity index (χ1n) is 8.32. The summed E-state index contributed by atoms with van der Waals surface area (Å²) in [5.41, 5.74) is 1.62. The van der Waals surface area contributed by atoms with Crippen molar-refractivity contribution in [2.75, 3.05) is 18.6 Å². The van der Waals surface area contributed by atoms with Crippen LogP contribution >= 0.6 is 0 Å². The molecule has 1 aromatic heterocycles. The van der Waals surface area contributed by atoms with Crippen molar-refractivity contribution in [1.29, 1.82) is 0 Å². The summed E-state index contributed by atoms with van der Waals surface area (Å²) in [6, 6.07) is -0.410. The topological polar surface area (TPSA) is 114 Å². The van der Waals surface area contributed by atoms with Crippen LogP contribution in [0.2, 0.25) is 0 Å². The summed E-state index contributed by atoms with van der Waals surface area (Å²) in [6.07, 6.45) is -0.693. The van der Waals surface area contributed by atoms with E-state index in [2.05, 4.69) is 4.98 Å². The Morgan fingerprint density at radius 2 is 1.88 bits per heavy atom. The van der Waals surface area contributed by atoms with Gasteiger partial charge < -0.3 is 14.6 Å². The van der Waals surface area contributed by atoms with Gasteiger partial charge in [-0.15, -0.1) is 0 Å². The van der Waals surface area contributed by atoms with Crippen molar-refractivity contribution in [2.24, 2.45) is 0 Å². The molecule has 1 aromatic rings. The lowest BCUT2D eigenvalue weighted by atomic mass is 10.1. The number of hydrogen-bond acceptors (Lipinski definition) is 6. The van der Waals surface area contributed by atoms with E-state index >= 15 is 0 Å². The van der Waals surface area contributed by atoms with Crippen LogP contribution in [0.5, 0.6) is 0 Å². The van der Waals surface area contributed by atoms with Crippen LogP contribution in [-0.4, -0.2) is 66.7 Å². The summed E-state index contributed by atoms with van der Waals surface area (Å²) in [6.45, 7) is 6.18. The van der Waals surface area contributed by atoms with E-state index in [-0.39, 0.29) is 23.0 Å². The number of aromatic nitrogens is 1. The van der Waals surface area contributed by atoms with Crippen molar-refractivity contribution in [3.05, 3.63) is 22.5 Å². The van der Waals surface area contributed by atoms with Gasteiger partial charge in [-0.05, 0) is 39.7 Å². The lowest BCUT2D eigenvalue weighted by Gasteiger charge is -2.26. The highest BCUT2D eigenvalue weighted by molar-refractivity contribution is 7.91. The van der Waals surface area contributed by atoms with E-state index in [1.165, 1.54) is 25.8 Å². The average Bonchev–Trinajstić information content (AvgIpc) is 3.04. The van der Waals surface area contributed by atoms with Crippen LogP contribution in [0, 0.1) is 13.8 Å². The van der Waals surface area contributed by atoms with Gasteiger partial charge in [0.1, 0.15) is 5.69 Å². The smallest absolute Gasteiger partial charge is 0.355 e. The minimum Gasteiger partial charge on any atom is -0.448 e. The van der Waals surface area contributed by atoms with Crippen LogP contribution in [-0.2, 0) is 19.4 Å². The first-order chi connectivity index (χ1) is 11.9. The molecule has 2 rings (SSSR count). The SMILES string of the molecule is CC(=O)c1c(C)[nH]c(C(=O)O[C@H](C)C(=O)N(C)[C@H]2CCS(=O)(=O)C2)c1C. The molecule has 0 radical (unpaired) electrons. The van der Waals surface area contributed by atoms with Crippen molar-refractivity contribution < 1.29 is 27.5 Å². The second kappa shape index (κ2) is 7.22. The molecule has 0 aromatic carbocycles. The number of ether oxygens (including phenoxy) is 1. The molecule has 1 amide bonds. The number of ketones is 1. The van der Waals surface area contributed by atoms with Gasteiger partial charge in [-0.2, -0.15) is 0 Å². The number of nitrogens with one attached hydrogen (secondary N) is 1. The second-order valence-electron chi connectivity index (χ2n) is 6.73. The number of carbonyl (C=O) groups is 3. The van der Waals surface area contributed by atoms with Gasteiger partial charge in [-0.3, -0.25) is 9.59 Å². The van der Waals surface area contributed by atoms with Gasteiger partial charge in [0.2, 0.25) is 0 Å². The van der Waals surface area contributed by atoms with Crippen LogP contribution in [0.25, 0.3) is 0 Å². The molecule has 2 atom stereocenters. The van der Waals surface area contributed by atoms with Gasteiger partial charge in [0.05, 0.1) is 11.5 Å². The molecule has 1 aliphatic rings. The Labute approximate surface area is 152 Å². The number of H-pyrrole nitrogens is 1. The standard InChI is InChI=1S/C17H24N2O6S/c1-9-14(11(3)20)10(2)18-15(9)17(22)25-12(4)16(21)19(5)13-6-7-26(23,24)8-13/h12-13,18H,6-8H2,1-5H3/t12-,13+/m1/s1. The third kappa shape index (κ3) is 3.98. The summed E-state index contributed by atoms with van der Waals surface area (Å²) >= 11 is 0. The molecular formula is C17H24N2O6S. The maximum atomic E-state index is 12.5. The largest absolute Gasteiger partial charge is 0.448 e. The molecule has 0 saturated carbocycles. The van der Waals surface area contributed by atoms with E-state index in [1.54, 1.807) is 13.8 Å². The lowest BCUT2D eigenvalue weighted by molar-refractivity contribution is -0.140. The van der Waals surface area contributed by atoms with Gasteiger partial charge in [0, 0.05) is 24.3 Å². The van der Waals surface area contributed by atoms with Crippen LogP contribution < -0.4 is 0 Å². The third-order valence-corrected chi connectivity index (χ3v) is 6.48. The molecule has 0 aliphatic carbocycles. The Morgan fingerprint density at radius 1 is 1.27 bits per heavy atom. The van der Waals surface area contributed by atoms with E-state index in [0.29, 0.717) is 23.2 Å². The number of amides is 1. The lowest BCUT2D eigenvalue weighted by Crippen LogP contribution is -2.44. The van der Waals surface area contributed by atoms with Gasteiger partial charge in [0.25, 0.3) is 5.91 Å². The van der Waals surface area contributed by atoms with Crippen LogP contribution in [0.4, 0.5) is 0 Å². The zero-order valence-corrected chi connectivity index (χ0v) is 16.4. The van der Waals surface area contributed by atoms with Gasteiger partial charge in [-0.1, -0.05) is 0 Å². The van der Waals surface area contributed by atoms with E-state index in [1.807, 2.05) is 0 Å². The Balaban J connectivity index is 2.08. The molecule has 9 heteroatoms. The summed E-state index contributed by atoms with van der Waals surface area (Å²) in [7, 11) is -1.61. The van der Waals surface area contributed by atoms with Crippen LogP contribution in [0.3, 0.4) is 0 Å². The maximum absolute atomic E-state index is 12.5. The highest BCUT2D eigenvalue weighted by Crippen LogP contribution is 2.21. The zero-order valence-electron chi connectivity index (χ0n) is 15.6. The fourth-order valence-corrected chi connectivity index (χ4v) is 5.07. The monoisotopic (exact) mass is 384 g/mol. The number of aromatic amines is 1. The highest BCUT2D eigenvalue weighted by Gasteiger charge is 2.35. The van der Waals surface area contributed by atoms with E-state index in [9.17, 15) is 22.8 Å². The van der Waals surface area contributed by atoms with Crippen LogP contribution in [0.15, 0.2) is 0 Å². The number of nitrogens with zero attached hydrogens (tertiary/aromatic N) is 1. The van der Waals surface area contributed by atoms with E-state index in [4.69, 9.17) is 4.74 Å². The summed E-state index contributed by atoms with van der Waals surface area (Å²) < 4.78 is 28.4. The molecule has 1 aliphatic heterocycles. The predicted octanol–water partition coefficient (Wildman–Crippen LogP) is 1.02. The highest BCUT2D eigenvalue weighted by atomic mass is 32.2. The Morgan fingerprint density at radius 3 is 2.35 bits per heavy atom. The Hall–Kier alpha value is -2.16. The molecule has 0 spiro atoms. The zero-order chi connectivity index (χ0) is 19.8. The molecule has 144 valence electrons. The summed E-state index contributed by atoms with van der Waals surface area (Å²) in [5.74, 6) is -1.38. The molecule has 1 saturated heterocycles. The molecule has 2 heterocycles. The van der Waals surface area contributed by atoms with E-state index in [0.717, 1.165) is 0 Å². The number of aryl methyl sites for hydroxylation is 1. The number of esters is 1. The summed E-state index contributed by atoms with van der Waals surface area (Å²) in [5, 5.41) is 0. The normalized spacial score (nSPS) is 19.8. The predicted molar refractivity (Wildman–Crippen MR) is 95.0 cm³/mol. The average molecular weight is 384 g/mol. The fourth-order valence-electron chi connectivity index (χ4n) is 3.30. The Bertz CT molecular complexity index is 855. The number of sulfone groups is 1. The number of hydrogen-bond donors (Lipinski definition) is 1. The summed E-state index contributed by atoms with van der Waals surface area (Å²) in [4.78, 5) is 40.7. The Kier molecular flexibility index (Phi) is 5.60. The van der Waals surface area contributed by atoms with Crippen molar-refractivity contribution in [1.82, 2.24) is 9.88 Å². The minimum absolute atomic E-state index is 0.0538. The van der Waals surface area contributed by atoms with Crippen LogP contribution in [0.1, 0.15) is 52.4 Å². The van der Waals surface area contributed by atoms with Crippen molar-refractivity contribution in [3.63, 3.8) is 0 Å². The van der Waals surface area contributed by atoms with Crippen molar-refractivity contribution in [3.8, 4) is 0 Å². The molecule has 8 nitrogen and oxygen atoms in total. The maximum Gasteiger partial charge on any atom is 0.355 e. The first-order valence-corrected chi connectivity index (χ1v) is 10.1. The fraction of sp³-hybridized carbons (Fsp3) is 0.588. The molecule has 0 unspecified atom stereocenters.